The van der Waals surface area contributed by atoms with Crippen LogP contribution in [0.1, 0.15) is 19.4 Å². The number of nitrogens with zero attached hydrogens (tertiary/aromatic N) is 2. The predicted octanol–water partition coefficient (Wildman–Crippen LogP) is 3.22. The van der Waals surface area contributed by atoms with Crippen molar-refractivity contribution in [3.63, 3.8) is 0 Å². The minimum absolute atomic E-state index is 0.0149. The van der Waals surface area contributed by atoms with Crippen LogP contribution in [0.2, 0.25) is 5.02 Å². The number of carbonyl (C=O) groups is 1. The number of ether oxygens (including phenoxy) is 1. The fourth-order valence-corrected chi connectivity index (χ4v) is 3.61. The van der Waals surface area contributed by atoms with Crippen LogP contribution in [0.4, 0.5) is 0 Å². The second kappa shape index (κ2) is 5.87. The molecule has 112 valence electrons. The number of halogens is 1. The second-order valence-corrected chi connectivity index (χ2v) is 6.39. The minimum Gasteiger partial charge on any atom is -0.481 e. The van der Waals surface area contributed by atoms with E-state index < -0.39 is 5.97 Å². The molecule has 2 heterocycles. The second-order valence-electron chi connectivity index (χ2n) is 5.01. The first-order valence-electron chi connectivity index (χ1n) is 6.70. The lowest BCUT2D eigenvalue weighted by Gasteiger charge is -2.19. The Labute approximate surface area is 131 Å². The average molecular weight is 327 g/mol. The van der Waals surface area contributed by atoms with Crippen LogP contribution < -0.4 is 0 Å². The summed E-state index contributed by atoms with van der Waals surface area (Å²) in [6.07, 6.45) is 0.963. The number of rotatable bonds is 4. The van der Waals surface area contributed by atoms with Gasteiger partial charge in [-0.15, -0.1) is 0 Å². The lowest BCUT2D eigenvalue weighted by atomic mass is 10.1. The van der Waals surface area contributed by atoms with Crippen molar-refractivity contribution in [2.45, 2.75) is 30.6 Å². The smallest absolute Gasteiger partial charge is 0.313 e. The van der Waals surface area contributed by atoms with Gasteiger partial charge in [-0.05, 0) is 31.5 Å². The number of benzene rings is 1. The zero-order valence-electron chi connectivity index (χ0n) is 11.5. The third-order valence-corrected chi connectivity index (χ3v) is 4.78. The molecule has 2 unspecified atom stereocenters. The van der Waals surface area contributed by atoms with Gasteiger partial charge in [0.05, 0.1) is 28.9 Å². The number of thioether (sulfide) groups is 1. The molecule has 0 radical (unpaired) electrons. The Morgan fingerprint density at radius 2 is 2.43 bits per heavy atom. The highest BCUT2D eigenvalue weighted by Crippen LogP contribution is 2.35. The van der Waals surface area contributed by atoms with Crippen molar-refractivity contribution in [2.24, 2.45) is 0 Å². The highest BCUT2D eigenvalue weighted by atomic mass is 35.5. The first-order chi connectivity index (χ1) is 10.1. The van der Waals surface area contributed by atoms with E-state index in [4.69, 9.17) is 21.4 Å². The molecule has 1 aliphatic rings. The van der Waals surface area contributed by atoms with Gasteiger partial charge in [-0.2, -0.15) is 0 Å². The van der Waals surface area contributed by atoms with E-state index in [1.165, 1.54) is 11.8 Å². The van der Waals surface area contributed by atoms with E-state index in [2.05, 4.69) is 9.55 Å². The van der Waals surface area contributed by atoms with Gasteiger partial charge in [0.2, 0.25) is 0 Å². The molecule has 0 saturated carbocycles. The Kier molecular flexibility index (Phi) is 4.10. The molecule has 3 rings (SSSR count). The molecule has 2 aromatic rings. The molecule has 0 bridgehead atoms. The molecule has 2 atom stereocenters. The highest BCUT2D eigenvalue weighted by molar-refractivity contribution is 7.99. The van der Waals surface area contributed by atoms with Gasteiger partial charge in [-0.1, -0.05) is 23.4 Å². The van der Waals surface area contributed by atoms with Gasteiger partial charge in [0.1, 0.15) is 0 Å². The quantitative estimate of drug-likeness (QED) is 0.874. The topological polar surface area (TPSA) is 64.3 Å². The standard InChI is InChI=1S/C14H15ClN2O3S/c1-8-11(4-5-20-8)17-12-6-9(15)2-3-10(12)16-14(17)21-7-13(18)19/h2-3,6,8,11H,4-5,7H2,1H3,(H,18,19). The number of hydrogen-bond donors (Lipinski definition) is 1. The third kappa shape index (κ3) is 2.88. The summed E-state index contributed by atoms with van der Waals surface area (Å²) in [7, 11) is 0. The molecule has 0 aliphatic carbocycles. The van der Waals surface area contributed by atoms with Gasteiger partial charge in [0.15, 0.2) is 5.16 Å². The van der Waals surface area contributed by atoms with Crippen molar-refractivity contribution in [3.8, 4) is 0 Å². The lowest BCUT2D eigenvalue weighted by molar-refractivity contribution is -0.133. The molecule has 1 N–H and O–H groups in total. The van der Waals surface area contributed by atoms with E-state index in [1.54, 1.807) is 6.07 Å². The number of aromatic nitrogens is 2. The zero-order chi connectivity index (χ0) is 15.0. The molecular formula is C14H15ClN2O3S. The molecule has 7 heteroatoms. The van der Waals surface area contributed by atoms with Crippen LogP contribution in [0.25, 0.3) is 11.0 Å². The first kappa shape index (κ1) is 14.7. The molecule has 1 aliphatic heterocycles. The Bertz CT molecular complexity index is 688. The maximum Gasteiger partial charge on any atom is 0.313 e. The maximum atomic E-state index is 10.8. The van der Waals surface area contributed by atoms with Gasteiger partial charge in [0.25, 0.3) is 0 Å². The molecule has 1 aromatic heterocycles. The van der Waals surface area contributed by atoms with Gasteiger partial charge >= 0.3 is 5.97 Å². The third-order valence-electron chi connectivity index (χ3n) is 3.61. The summed E-state index contributed by atoms with van der Waals surface area (Å²) >= 11 is 7.33. The van der Waals surface area contributed by atoms with Gasteiger partial charge < -0.3 is 14.4 Å². The number of carboxylic acids is 1. The average Bonchev–Trinajstić information content (AvgIpc) is 2.99. The Morgan fingerprint density at radius 3 is 3.10 bits per heavy atom. The number of imidazole rings is 1. The van der Waals surface area contributed by atoms with Crippen LogP contribution in [-0.4, -0.2) is 39.1 Å². The van der Waals surface area contributed by atoms with Crippen molar-refractivity contribution < 1.29 is 14.6 Å². The van der Waals surface area contributed by atoms with Crippen LogP contribution in [0.15, 0.2) is 23.4 Å². The maximum absolute atomic E-state index is 10.8. The molecule has 1 fully saturated rings. The monoisotopic (exact) mass is 326 g/mol. The summed E-state index contributed by atoms with van der Waals surface area (Å²) in [5.41, 5.74) is 1.75. The molecule has 0 spiro atoms. The van der Waals surface area contributed by atoms with Crippen LogP contribution in [0.3, 0.4) is 0 Å². The summed E-state index contributed by atoms with van der Waals surface area (Å²) in [6, 6.07) is 5.69. The predicted molar refractivity (Wildman–Crippen MR) is 82.2 cm³/mol. The van der Waals surface area contributed by atoms with E-state index in [0.717, 1.165) is 17.5 Å². The molecule has 1 aromatic carbocycles. The largest absolute Gasteiger partial charge is 0.481 e. The van der Waals surface area contributed by atoms with E-state index in [9.17, 15) is 4.79 Å². The van der Waals surface area contributed by atoms with E-state index in [1.807, 2.05) is 19.1 Å². The van der Waals surface area contributed by atoms with Gasteiger partial charge in [0, 0.05) is 11.6 Å². The Morgan fingerprint density at radius 1 is 1.62 bits per heavy atom. The number of hydrogen-bond acceptors (Lipinski definition) is 4. The molecule has 0 amide bonds. The van der Waals surface area contributed by atoms with E-state index in [-0.39, 0.29) is 17.9 Å². The van der Waals surface area contributed by atoms with Crippen molar-refractivity contribution >= 4 is 40.4 Å². The normalized spacial score (nSPS) is 22.0. The summed E-state index contributed by atoms with van der Waals surface area (Å²) < 4.78 is 7.72. The number of carboxylic acid groups (broad SMARTS) is 1. The molecule has 1 saturated heterocycles. The van der Waals surface area contributed by atoms with Gasteiger partial charge in [-0.3, -0.25) is 4.79 Å². The fraction of sp³-hybridized carbons (Fsp3) is 0.429. The SMILES string of the molecule is CC1OCCC1n1c(SCC(=O)O)nc2ccc(Cl)cc21. The molecule has 5 nitrogen and oxygen atoms in total. The van der Waals surface area contributed by atoms with Crippen molar-refractivity contribution in [1.82, 2.24) is 9.55 Å². The zero-order valence-corrected chi connectivity index (χ0v) is 13.0. The van der Waals surface area contributed by atoms with Crippen molar-refractivity contribution in [3.05, 3.63) is 23.2 Å². The van der Waals surface area contributed by atoms with Crippen LogP contribution in [0, 0.1) is 0 Å². The summed E-state index contributed by atoms with van der Waals surface area (Å²) in [5.74, 6) is -0.869. The molecular weight excluding hydrogens is 312 g/mol. The fourth-order valence-electron chi connectivity index (χ4n) is 2.65. The molecule has 21 heavy (non-hydrogen) atoms. The van der Waals surface area contributed by atoms with Crippen molar-refractivity contribution in [1.29, 1.82) is 0 Å². The highest BCUT2D eigenvalue weighted by Gasteiger charge is 2.29. The first-order valence-corrected chi connectivity index (χ1v) is 8.06. The summed E-state index contributed by atoms with van der Waals surface area (Å²) in [6.45, 7) is 2.73. The van der Waals surface area contributed by atoms with Gasteiger partial charge in [-0.25, -0.2) is 4.98 Å². The lowest BCUT2D eigenvalue weighted by Crippen LogP contribution is -2.18. The number of aliphatic carboxylic acids is 1. The Hall–Kier alpha value is -1.24. The van der Waals surface area contributed by atoms with Crippen LogP contribution in [-0.2, 0) is 9.53 Å². The minimum atomic E-state index is -0.854. The van der Waals surface area contributed by atoms with Crippen molar-refractivity contribution in [2.75, 3.05) is 12.4 Å². The van der Waals surface area contributed by atoms with E-state index in [0.29, 0.717) is 16.8 Å². The Balaban J connectivity index is 2.09. The van der Waals surface area contributed by atoms with Crippen LogP contribution in [0.5, 0.6) is 0 Å². The summed E-state index contributed by atoms with van der Waals surface area (Å²) in [5, 5.41) is 10.2. The number of fused-ring (bicyclic) bond motifs is 1. The summed E-state index contributed by atoms with van der Waals surface area (Å²) in [4.78, 5) is 15.4. The van der Waals surface area contributed by atoms with Crippen LogP contribution >= 0.6 is 23.4 Å². The van der Waals surface area contributed by atoms with E-state index >= 15 is 0 Å².